The maximum atomic E-state index is 12.7. The van der Waals surface area contributed by atoms with Crippen LogP contribution in [-0.2, 0) is 22.0 Å². The molecule has 0 spiro atoms. The van der Waals surface area contributed by atoms with E-state index >= 15 is 0 Å². The number of rotatable bonds is 7. The summed E-state index contributed by atoms with van der Waals surface area (Å²) in [7, 11) is -3.53. The van der Waals surface area contributed by atoms with Gasteiger partial charge < -0.3 is 9.30 Å². The van der Waals surface area contributed by atoms with E-state index in [-0.39, 0.29) is 15.9 Å². The summed E-state index contributed by atoms with van der Waals surface area (Å²) in [6.07, 6.45) is 3.82. The molecule has 1 saturated heterocycles. The molecule has 0 atom stereocenters. The third kappa shape index (κ3) is 5.28. The minimum atomic E-state index is -3.53. The second-order valence-electron chi connectivity index (χ2n) is 8.48. The first-order valence-electron chi connectivity index (χ1n) is 10.1. The van der Waals surface area contributed by atoms with E-state index in [4.69, 9.17) is 4.74 Å². The van der Waals surface area contributed by atoms with Gasteiger partial charge in [0.1, 0.15) is 5.75 Å². The summed E-state index contributed by atoms with van der Waals surface area (Å²) in [5.41, 5.74) is 1.13. The van der Waals surface area contributed by atoms with E-state index in [2.05, 4.69) is 32.9 Å². The Kier molecular flexibility index (Phi) is 6.49. The van der Waals surface area contributed by atoms with Gasteiger partial charge in [0.15, 0.2) is 0 Å². The van der Waals surface area contributed by atoms with Crippen LogP contribution in [0.4, 0.5) is 0 Å². The van der Waals surface area contributed by atoms with Crippen molar-refractivity contribution < 1.29 is 13.2 Å². The van der Waals surface area contributed by atoms with Crippen molar-refractivity contribution in [1.82, 2.24) is 8.87 Å². The van der Waals surface area contributed by atoms with Crippen LogP contribution in [0.15, 0.2) is 52.3 Å². The maximum absolute atomic E-state index is 12.7. The van der Waals surface area contributed by atoms with Crippen LogP contribution >= 0.6 is 0 Å². The van der Waals surface area contributed by atoms with Gasteiger partial charge in [-0.2, -0.15) is 4.31 Å². The molecular weight excluding hydrogens is 388 g/mol. The minimum Gasteiger partial charge on any atom is -0.494 e. The highest BCUT2D eigenvalue weighted by molar-refractivity contribution is 7.89. The lowest BCUT2D eigenvalue weighted by molar-refractivity contribution is 0.300. The van der Waals surface area contributed by atoms with Crippen molar-refractivity contribution in [2.45, 2.75) is 56.9 Å². The second-order valence-corrected chi connectivity index (χ2v) is 10.4. The zero-order valence-corrected chi connectivity index (χ0v) is 18.2. The Morgan fingerprint density at radius 3 is 2.28 bits per heavy atom. The number of pyridine rings is 1. The van der Waals surface area contributed by atoms with Gasteiger partial charge in [0.2, 0.25) is 10.0 Å². The van der Waals surface area contributed by atoms with Crippen LogP contribution in [0.3, 0.4) is 0 Å². The van der Waals surface area contributed by atoms with E-state index in [1.807, 2.05) is 12.1 Å². The Bertz CT molecular complexity index is 983. The van der Waals surface area contributed by atoms with E-state index in [9.17, 15) is 13.2 Å². The number of benzene rings is 1. The van der Waals surface area contributed by atoms with Gasteiger partial charge in [-0.25, -0.2) is 8.42 Å². The summed E-state index contributed by atoms with van der Waals surface area (Å²) in [4.78, 5) is 12.3. The van der Waals surface area contributed by atoms with Crippen LogP contribution in [0.2, 0.25) is 0 Å². The van der Waals surface area contributed by atoms with Crippen molar-refractivity contribution in [2.24, 2.45) is 0 Å². The lowest BCUT2D eigenvalue weighted by Gasteiger charge is -2.19. The van der Waals surface area contributed by atoms with Crippen LogP contribution in [0.25, 0.3) is 0 Å². The molecule has 0 aliphatic carbocycles. The van der Waals surface area contributed by atoms with Gasteiger partial charge in [-0.1, -0.05) is 32.9 Å². The molecular formula is C22H30N2O4S. The molecule has 0 amide bonds. The van der Waals surface area contributed by atoms with Crippen molar-refractivity contribution in [1.29, 1.82) is 0 Å². The lowest BCUT2D eigenvalue weighted by atomic mass is 9.87. The van der Waals surface area contributed by atoms with Crippen molar-refractivity contribution in [3.63, 3.8) is 0 Å². The topological polar surface area (TPSA) is 68.6 Å². The first-order chi connectivity index (χ1) is 13.7. The standard InChI is InChI=1S/C22H30N2O4S/c1-22(2,3)18-7-9-19(10-8-18)28-16-6-13-23-17-20(11-12-21(23)25)29(26,27)24-14-4-5-15-24/h7-12,17H,4-6,13-16H2,1-3H3. The number of aromatic nitrogens is 1. The van der Waals surface area contributed by atoms with Crippen molar-refractivity contribution >= 4 is 10.0 Å². The third-order valence-corrected chi connectivity index (χ3v) is 7.07. The molecule has 1 aromatic carbocycles. The van der Waals surface area contributed by atoms with E-state index in [0.717, 1.165) is 18.6 Å². The summed E-state index contributed by atoms with van der Waals surface area (Å²) in [6, 6.07) is 10.8. The molecule has 0 radical (unpaired) electrons. The van der Waals surface area contributed by atoms with Gasteiger partial charge in [0, 0.05) is 31.9 Å². The Morgan fingerprint density at radius 1 is 1.00 bits per heavy atom. The normalized spacial score (nSPS) is 15.6. The maximum Gasteiger partial charge on any atom is 0.250 e. The number of hydrogen-bond donors (Lipinski definition) is 0. The molecule has 0 N–H and O–H groups in total. The van der Waals surface area contributed by atoms with E-state index in [1.165, 1.54) is 32.8 Å². The molecule has 1 aliphatic rings. The van der Waals surface area contributed by atoms with Crippen LogP contribution in [0, 0.1) is 0 Å². The number of aryl methyl sites for hydroxylation is 1. The van der Waals surface area contributed by atoms with Crippen molar-refractivity contribution in [2.75, 3.05) is 19.7 Å². The molecule has 7 heteroatoms. The molecule has 0 bridgehead atoms. The number of hydrogen-bond acceptors (Lipinski definition) is 4. The first kappa shape index (κ1) is 21.6. The summed E-state index contributed by atoms with van der Waals surface area (Å²) in [5, 5.41) is 0. The molecule has 2 heterocycles. The van der Waals surface area contributed by atoms with E-state index < -0.39 is 10.0 Å². The highest BCUT2D eigenvalue weighted by Gasteiger charge is 2.27. The van der Waals surface area contributed by atoms with E-state index in [0.29, 0.717) is 32.7 Å². The molecule has 2 aromatic rings. The Morgan fingerprint density at radius 2 is 1.66 bits per heavy atom. The van der Waals surface area contributed by atoms with Crippen LogP contribution < -0.4 is 10.3 Å². The Balaban J connectivity index is 1.59. The second kappa shape index (κ2) is 8.71. The van der Waals surface area contributed by atoms with E-state index in [1.54, 1.807) is 0 Å². The third-order valence-electron chi connectivity index (χ3n) is 5.19. The molecule has 0 saturated carbocycles. The lowest BCUT2D eigenvalue weighted by Crippen LogP contribution is -2.29. The summed E-state index contributed by atoms with van der Waals surface area (Å²) >= 11 is 0. The van der Waals surface area contributed by atoms with Crippen LogP contribution in [0.1, 0.15) is 45.6 Å². The number of nitrogens with zero attached hydrogens (tertiary/aromatic N) is 2. The number of sulfonamides is 1. The van der Waals surface area contributed by atoms with Gasteiger partial charge in [-0.15, -0.1) is 0 Å². The average Bonchev–Trinajstić information content (AvgIpc) is 3.22. The Labute approximate surface area is 173 Å². The van der Waals surface area contributed by atoms with Crippen molar-refractivity contribution in [3.8, 4) is 5.75 Å². The highest BCUT2D eigenvalue weighted by atomic mass is 32.2. The molecule has 29 heavy (non-hydrogen) atoms. The first-order valence-corrected chi connectivity index (χ1v) is 11.6. The molecule has 6 nitrogen and oxygen atoms in total. The molecule has 1 aliphatic heterocycles. The molecule has 1 fully saturated rings. The minimum absolute atomic E-state index is 0.0973. The molecule has 158 valence electrons. The average molecular weight is 419 g/mol. The van der Waals surface area contributed by atoms with Gasteiger partial charge in [0.05, 0.1) is 11.5 Å². The zero-order chi connectivity index (χ0) is 21.1. The van der Waals surface area contributed by atoms with Gasteiger partial charge in [0.25, 0.3) is 5.56 Å². The fraction of sp³-hybridized carbons (Fsp3) is 0.500. The summed E-state index contributed by atoms with van der Waals surface area (Å²) < 4.78 is 34.1. The fourth-order valence-corrected chi connectivity index (χ4v) is 4.93. The predicted molar refractivity (Wildman–Crippen MR) is 114 cm³/mol. The quantitative estimate of drug-likeness (QED) is 0.646. The zero-order valence-electron chi connectivity index (χ0n) is 17.4. The molecule has 3 rings (SSSR count). The smallest absolute Gasteiger partial charge is 0.250 e. The Hall–Kier alpha value is -2.12. The monoisotopic (exact) mass is 418 g/mol. The fourth-order valence-electron chi connectivity index (χ4n) is 3.39. The summed E-state index contributed by atoms with van der Waals surface area (Å²) in [5.74, 6) is 0.788. The largest absolute Gasteiger partial charge is 0.494 e. The summed E-state index contributed by atoms with van der Waals surface area (Å²) in [6.45, 7) is 8.44. The predicted octanol–water partition coefficient (Wildman–Crippen LogP) is 3.40. The van der Waals surface area contributed by atoms with Gasteiger partial charge in [-0.3, -0.25) is 4.79 Å². The van der Waals surface area contributed by atoms with Crippen LogP contribution in [0.5, 0.6) is 5.75 Å². The van der Waals surface area contributed by atoms with Crippen molar-refractivity contribution in [3.05, 3.63) is 58.5 Å². The van der Waals surface area contributed by atoms with Crippen LogP contribution in [-0.4, -0.2) is 37.0 Å². The number of ether oxygens (including phenoxy) is 1. The highest BCUT2D eigenvalue weighted by Crippen LogP contribution is 2.24. The SMILES string of the molecule is CC(C)(C)c1ccc(OCCCn2cc(S(=O)(=O)N3CCCC3)ccc2=O)cc1. The van der Waals surface area contributed by atoms with Gasteiger partial charge >= 0.3 is 0 Å². The molecule has 1 aromatic heterocycles. The van der Waals surface area contributed by atoms with Gasteiger partial charge in [-0.05, 0) is 48.4 Å². The molecule has 0 unspecified atom stereocenters.